The number of allylic oxidation sites excluding steroid dienone is 4. The zero-order valence-electron chi connectivity index (χ0n) is 39.7. The maximum Gasteiger partial charge on any atom is 0.334 e. The molecule has 10 rings (SSSR count). The summed E-state index contributed by atoms with van der Waals surface area (Å²) >= 11 is 0. The minimum Gasteiger partial charge on any atom is -1.00 e. The molecule has 0 unspecified atom stereocenters. The Bertz CT molecular complexity index is 1880. The fraction of sp³-hybridized carbons (Fsp3) is 0.607. The van der Waals surface area contributed by atoms with E-state index in [0.29, 0.717) is 72.9 Å². The van der Waals surface area contributed by atoms with Gasteiger partial charge in [-0.05, 0) is 151 Å². The molecule has 0 bridgehead atoms. The highest BCUT2D eigenvalue weighted by molar-refractivity contribution is 5.92. The number of carbonyl (C=O) groups excluding carboxylic acids is 2. The zero-order chi connectivity index (χ0) is 44.2. The molecule has 6 fully saturated rings. The summed E-state index contributed by atoms with van der Waals surface area (Å²) in [6.45, 7) is 10.2. The smallest absolute Gasteiger partial charge is 0.334 e. The monoisotopic (exact) mass is 943 g/mol. The van der Waals surface area contributed by atoms with Gasteiger partial charge >= 0.3 is 11.9 Å². The summed E-state index contributed by atoms with van der Waals surface area (Å²) in [4.78, 5) is 25.1. The highest BCUT2D eigenvalue weighted by Crippen LogP contribution is 2.52. The summed E-state index contributed by atoms with van der Waals surface area (Å²) in [6, 6.07) is 23.5. The zero-order valence-corrected chi connectivity index (χ0v) is 41.2. The molecule has 0 aromatic heterocycles. The minimum absolute atomic E-state index is 0. The second-order valence-corrected chi connectivity index (χ2v) is 21.1. The van der Waals surface area contributed by atoms with Gasteiger partial charge in [0, 0.05) is 35.8 Å². The average Bonchev–Trinajstić information content (AvgIpc) is 3.76. The van der Waals surface area contributed by atoms with Gasteiger partial charge in [0.15, 0.2) is 0 Å². The van der Waals surface area contributed by atoms with Crippen molar-refractivity contribution in [3.8, 4) is 0 Å². The molecular formula is C56H76Cl2N2O6. The molecule has 4 aliphatic heterocycles. The van der Waals surface area contributed by atoms with E-state index >= 15 is 0 Å². The normalized spacial score (nSPS) is 38.1. The van der Waals surface area contributed by atoms with Gasteiger partial charge < -0.3 is 54.4 Å². The maximum absolute atomic E-state index is 12.6. The second kappa shape index (κ2) is 23.4. The number of benzene rings is 2. The number of fused-ring (bicyclic) bond motifs is 4. The predicted octanol–water partition coefficient (Wildman–Crippen LogP) is 2.34. The van der Waals surface area contributed by atoms with E-state index in [2.05, 4.69) is 123 Å². The fourth-order valence-corrected chi connectivity index (χ4v) is 13.3. The minimum atomic E-state index is -0.0837. The molecule has 8 nitrogen and oxygen atoms in total. The molecule has 4 N–H and O–H groups in total. The highest BCUT2D eigenvalue weighted by atomic mass is 35.5. The molecule has 0 spiro atoms. The Morgan fingerprint density at radius 3 is 1.35 bits per heavy atom. The molecular weight excluding hydrogens is 868 g/mol. The van der Waals surface area contributed by atoms with Crippen LogP contribution in [0.15, 0.2) is 108 Å². The van der Waals surface area contributed by atoms with E-state index in [-0.39, 0.29) is 73.0 Å². The lowest BCUT2D eigenvalue weighted by atomic mass is 9.61. The van der Waals surface area contributed by atoms with Crippen LogP contribution in [0, 0.1) is 47.3 Å². The Balaban J connectivity index is 0.000000191. The van der Waals surface area contributed by atoms with Crippen LogP contribution in [0.3, 0.4) is 0 Å². The summed E-state index contributed by atoms with van der Waals surface area (Å²) in [6.07, 6.45) is 29.1. The number of cyclic esters (lactones) is 2. The second-order valence-electron chi connectivity index (χ2n) is 21.1. The molecule has 2 aromatic rings. The first-order valence-corrected chi connectivity index (χ1v) is 25.4. The molecule has 0 radical (unpaired) electrons. The topological polar surface area (TPSA) is 104 Å². The quantitative estimate of drug-likeness (QED) is 0.281. The highest BCUT2D eigenvalue weighted by Gasteiger charge is 2.52. The van der Waals surface area contributed by atoms with Crippen LogP contribution < -0.4 is 35.4 Å². The molecule has 2 aromatic carbocycles. The van der Waals surface area contributed by atoms with Crippen LogP contribution in [0.1, 0.15) is 116 Å². The third-order valence-electron chi connectivity index (χ3n) is 16.6. The first-order valence-electron chi connectivity index (χ1n) is 25.4. The summed E-state index contributed by atoms with van der Waals surface area (Å²) in [5.74, 6) is 2.88. The van der Waals surface area contributed by atoms with Gasteiger partial charge in [0.05, 0.1) is 37.5 Å². The summed E-state index contributed by atoms with van der Waals surface area (Å²) < 4.78 is 24.2. The van der Waals surface area contributed by atoms with E-state index in [0.717, 1.165) is 49.7 Å². The Hall–Kier alpha value is -3.24. The van der Waals surface area contributed by atoms with Crippen LogP contribution in [-0.2, 0) is 41.8 Å². The van der Waals surface area contributed by atoms with Gasteiger partial charge in [-0.25, -0.2) is 9.59 Å². The maximum atomic E-state index is 12.6. The third kappa shape index (κ3) is 11.9. The molecule has 10 heteroatoms. The molecule has 2 saturated carbocycles. The lowest BCUT2D eigenvalue weighted by molar-refractivity contribution is -0.717. The van der Waals surface area contributed by atoms with E-state index < -0.39 is 0 Å². The molecule has 360 valence electrons. The van der Waals surface area contributed by atoms with Crippen LogP contribution in [0.25, 0.3) is 0 Å². The van der Waals surface area contributed by atoms with Crippen LogP contribution in [0.5, 0.6) is 0 Å². The largest absolute Gasteiger partial charge is 1.00 e. The van der Waals surface area contributed by atoms with E-state index in [1.807, 2.05) is 12.1 Å². The standard InChI is InChI=1S/2C28H37NO3.2ClH/c2*1-18-7-6-10-22(29-18)12-14-24-25-16-23(31-17-20-8-4-3-5-9-20)13-11-21(25)15-26-27(24)19(2)32-28(26)30;;/h2*3-5,8-9,12,14-15,18-19,21-25,27,29H,6-7,10-11,13,16-17H2,1-2H3;2*1H/b2*14-12+;;/t2*18-,19-,21+,22-,23+,24+,25-,27+;;/m00../s1. The Morgan fingerprint density at radius 2 is 0.955 bits per heavy atom. The molecule has 0 amide bonds. The van der Waals surface area contributed by atoms with Gasteiger partial charge in [0.1, 0.15) is 24.3 Å². The number of nitrogens with two attached hydrogens (primary N) is 2. The number of rotatable bonds is 10. The first kappa shape index (κ1) is 50.6. The van der Waals surface area contributed by atoms with Crippen LogP contribution >= 0.6 is 0 Å². The van der Waals surface area contributed by atoms with Crippen molar-refractivity contribution in [2.24, 2.45) is 47.3 Å². The Morgan fingerprint density at radius 1 is 0.545 bits per heavy atom. The lowest BCUT2D eigenvalue weighted by Gasteiger charge is -2.44. The average molecular weight is 944 g/mol. The molecule has 16 atom stereocenters. The number of carbonyl (C=O) groups is 2. The van der Waals surface area contributed by atoms with E-state index in [9.17, 15) is 9.59 Å². The van der Waals surface area contributed by atoms with E-state index in [1.54, 1.807) is 0 Å². The number of piperidine rings is 2. The first-order chi connectivity index (χ1) is 31.2. The molecule has 66 heavy (non-hydrogen) atoms. The van der Waals surface area contributed by atoms with Crippen molar-refractivity contribution in [2.45, 2.75) is 167 Å². The number of halogens is 2. The van der Waals surface area contributed by atoms with Crippen molar-refractivity contribution in [3.05, 3.63) is 119 Å². The summed E-state index contributed by atoms with van der Waals surface area (Å²) in [5.41, 5.74) is 4.36. The summed E-state index contributed by atoms with van der Waals surface area (Å²) in [7, 11) is 0. The summed E-state index contributed by atoms with van der Waals surface area (Å²) in [5, 5.41) is 5.03. The number of quaternary nitrogens is 2. The van der Waals surface area contributed by atoms with Crippen LogP contribution in [-0.4, -0.2) is 60.5 Å². The SMILES string of the molecule is C[C@@H]1OC(=O)C2=C[C@H]3CC[C@@H](OCc4ccccc4)C[C@@H]3[C@@H](/C=C/[C@@H]3CCC[C@H](C)[NH2+]3)[C@H]21.C[C@@H]1OC(=O)C2=C[C@H]3CC[C@@H](OCc4ccccc4)C[C@@H]3[C@@H](/C=C/[C@@H]3CCC[C@H](C)[NH2+]3)[C@H]21.[Cl-].[Cl-]. The van der Waals surface area contributed by atoms with Gasteiger partial charge in [0.25, 0.3) is 0 Å². The van der Waals surface area contributed by atoms with Crippen molar-refractivity contribution >= 4 is 11.9 Å². The number of hydrogen-bond acceptors (Lipinski definition) is 6. The number of ether oxygens (including phenoxy) is 4. The van der Waals surface area contributed by atoms with Gasteiger partial charge in [-0.2, -0.15) is 0 Å². The fourth-order valence-electron chi connectivity index (χ4n) is 13.3. The van der Waals surface area contributed by atoms with Crippen molar-refractivity contribution in [1.29, 1.82) is 0 Å². The molecule has 8 aliphatic rings. The van der Waals surface area contributed by atoms with E-state index in [1.165, 1.54) is 49.7 Å². The lowest BCUT2D eigenvalue weighted by Crippen LogP contribution is -3.00. The Kier molecular flexibility index (Phi) is 17.9. The van der Waals surface area contributed by atoms with Crippen molar-refractivity contribution in [2.75, 3.05) is 0 Å². The Labute approximate surface area is 407 Å². The predicted molar refractivity (Wildman–Crippen MR) is 249 cm³/mol. The van der Waals surface area contributed by atoms with Crippen LogP contribution in [0.2, 0.25) is 0 Å². The molecule has 4 saturated heterocycles. The van der Waals surface area contributed by atoms with Crippen LogP contribution in [0.4, 0.5) is 0 Å². The molecule has 4 heterocycles. The van der Waals surface area contributed by atoms with Crippen molar-refractivity contribution < 1.29 is 64.0 Å². The number of esters is 2. The van der Waals surface area contributed by atoms with Crippen molar-refractivity contribution in [3.63, 3.8) is 0 Å². The van der Waals surface area contributed by atoms with Crippen molar-refractivity contribution in [1.82, 2.24) is 0 Å². The van der Waals surface area contributed by atoms with Gasteiger partial charge in [-0.1, -0.05) is 85.0 Å². The molecule has 4 aliphatic carbocycles. The third-order valence-corrected chi connectivity index (χ3v) is 16.6. The van der Waals surface area contributed by atoms with E-state index in [4.69, 9.17) is 18.9 Å². The van der Waals surface area contributed by atoms with Gasteiger partial charge in [0.2, 0.25) is 0 Å². The van der Waals surface area contributed by atoms with Gasteiger partial charge in [-0.15, -0.1) is 0 Å². The number of hydrogen-bond donors (Lipinski definition) is 2. The van der Waals surface area contributed by atoms with Gasteiger partial charge in [-0.3, -0.25) is 0 Å².